The van der Waals surface area contributed by atoms with E-state index in [1.54, 1.807) is 44.2 Å². The number of nitrogens with zero attached hydrogens (tertiary/aromatic N) is 13. The number of thioether (sulfide) groups is 1. The smallest absolute Gasteiger partial charge is 0.309 e. The highest BCUT2D eigenvalue weighted by atomic mass is 32.2. The van der Waals surface area contributed by atoms with Crippen LogP contribution >= 0.6 is 11.8 Å². The fraction of sp³-hybridized carbons (Fsp3) is 0.538. The van der Waals surface area contributed by atoms with E-state index in [1.807, 2.05) is 89.4 Å². The molecule has 0 radical (unpaired) electrons. The van der Waals surface area contributed by atoms with Crippen molar-refractivity contribution in [1.29, 1.82) is 0 Å². The quantitative estimate of drug-likeness (QED) is 0.0292. The van der Waals surface area contributed by atoms with Gasteiger partial charge in [-0.05, 0) is 97.6 Å². The number of benzene rings is 2. The zero-order valence-corrected chi connectivity index (χ0v) is 45.3. The number of rotatable bonds is 24. The summed E-state index contributed by atoms with van der Waals surface area (Å²) in [5.41, 5.74) is 2.93. The van der Waals surface area contributed by atoms with Crippen molar-refractivity contribution in [1.82, 2.24) is 55.1 Å². The normalized spacial score (nSPS) is 19.6. The zero-order chi connectivity index (χ0) is 54.2. The Labute approximate surface area is 445 Å². The number of aryl methyl sites for hydroxylation is 1. The molecule has 8 rings (SSSR count). The van der Waals surface area contributed by atoms with Crippen molar-refractivity contribution < 1.29 is 38.1 Å². The first-order chi connectivity index (χ1) is 36.3. The van der Waals surface area contributed by atoms with Gasteiger partial charge < -0.3 is 34.5 Å². The molecule has 6 heterocycles. The number of aromatic nitrogens is 8. The van der Waals surface area contributed by atoms with Crippen LogP contribution in [0.5, 0.6) is 0 Å². The lowest BCUT2D eigenvalue weighted by molar-refractivity contribution is -0.193. The molecule has 0 spiro atoms. The summed E-state index contributed by atoms with van der Waals surface area (Å²) in [5.74, 6) is 0.683. The first-order valence-electron chi connectivity index (χ1n) is 25.5. The van der Waals surface area contributed by atoms with Crippen LogP contribution in [0.2, 0.25) is 0 Å². The molecule has 5 aromatic rings. The van der Waals surface area contributed by atoms with Gasteiger partial charge in [-0.15, -0.1) is 20.4 Å². The maximum absolute atomic E-state index is 13.7. The summed E-state index contributed by atoms with van der Waals surface area (Å²) in [6.07, 6.45) is 5.46. The minimum absolute atomic E-state index is 0.0557. The summed E-state index contributed by atoms with van der Waals surface area (Å²) in [5, 5.41) is 36.1. The lowest BCUT2D eigenvalue weighted by Crippen LogP contribution is -2.40. The van der Waals surface area contributed by atoms with Gasteiger partial charge in [0.1, 0.15) is 24.1 Å². The van der Waals surface area contributed by atoms with Crippen LogP contribution in [0.25, 0.3) is 22.6 Å². The van der Waals surface area contributed by atoms with E-state index in [0.29, 0.717) is 77.9 Å². The standard InChI is InChI=1S/C52H67N15O8S/c1-32(49(71)75-50(3,4)5)22-26-76-29-38-42-43(74-51(6,7)73-42)48(72-38)67-31-57-41-45(55-30-56-46(41)67)54-24-11-10-23-53-39(68)28-66(27-34-14-16-35(17-15-34)44-61-59-33(2)60-62-44)40(69)13-12-25-58-65(9)47(70)36-18-20-37(21-19-36)52(8)63-64-52/h14-21,25,30-32,38,42-43,48H,10-13,22-24,26-29H2,1-9H3,(H,53,68)(H,54,55,56)/b58-25+/t32-,38?,42?,43?,48?/m0/s1. The Morgan fingerprint density at radius 3 is 2.36 bits per heavy atom. The molecule has 0 aliphatic carbocycles. The molecule has 2 saturated heterocycles. The number of anilines is 1. The maximum atomic E-state index is 13.7. The molecule has 2 N–H and O–H groups in total. The fourth-order valence-corrected chi connectivity index (χ4v) is 9.76. The maximum Gasteiger partial charge on any atom is 0.309 e. The third kappa shape index (κ3) is 14.3. The van der Waals surface area contributed by atoms with Gasteiger partial charge in [-0.3, -0.25) is 23.7 Å². The number of hydrogen-bond donors (Lipinski definition) is 2. The topological polar surface area (TPSA) is 268 Å². The van der Waals surface area contributed by atoms with Crippen molar-refractivity contribution in [3.8, 4) is 11.4 Å². The minimum Gasteiger partial charge on any atom is -0.460 e. The van der Waals surface area contributed by atoms with Crippen LogP contribution in [0.4, 0.5) is 5.82 Å². The Morgan fingerprint density at radius 2 is 1.64 bits per heavy atom. The summed E-state index contributed by atoms with van der Waals surface area (Å²) in [6.45, 7) is 15.8. The number of hydrazone groups is 1. The fourth-order valence-electron chi connectivity index (χ4n) is 8.57. The largest absolute Gasteiger partial charge is 0.460 e. The van der Waals surface area contributed by atoms with Gasteiger partial charge in [0.15, 0.2) is 34.8 Å². The molecular formula is C52H67N15O8S. The molecule has 2 aromatic carbocycles. The predicted octanol–water partition coefficient (Wildman–Crippen LogP) is 6.41. The number of amides is 3. The van der Waals surface area contributed by atoms with Gasteiger partial charge in [-0.1, -0.05) is 43.3 Å². The van der Waals surface area contributed by atoms with Crippen molar-refractivity contribution >= 4 is 58.6 Å². The Bertz CT molecular complexity index is 2890. The van der Waals surface area contributed by atoms with Crippen LogP contribution in [-0.2, 0) is 45.5 Å². The van der Waals surface area contributed by atoms with Crippen LogP contribution in [0.3, 0.4) is 0 Å². The Hall–Kier alpha value is -6.89. The number of carbonyl (C=O) groups excluding carboxylic acids is 4. The van der Waals surface area contributed by atoms with Gasteiger partial charge in [0.05, 0.1) is 24.9 Å². The number of fused-ring (bicyclic) bond motifs is 2. The van der Waals surface area contributed by atoms with E-state index < -0.39 is 29.4 Å². The lowest BCUT2D eigenvalue weighted by Gasteiger charge is -2.25. The molecule has 3 amide bonds. The van der Waals surface area contributed by atoms with Gasteiger partial charge in [0, 0.05) is 61.8 Å². The number of nitrogens with one attached hydrogen (secondary N) is 2. The number of unbranched alkanes of at least 4 members (excludes halogenated alkanes) is 1. The van der Waals surface area contributed by atoms with Crippen molar-refractivity contribution in [2.24, 2.45) is 21.2 Å². The summed E-state index contributed by atoms with van der Waals surface area (Å²) in [4.78, 5) is 68.0. The molecule has 2 fully saturated rings. The van der Waals surface area contributed by atoms with Crippen molar-refractivity contribution in [2.45, 2.75) is 136 Å². The van der Waals surface area contributed by atoms with Gasteiger partial charge >= 0.3 is 5.97 Å². The highest BCUT2D eigenvalue weighted by Gasteiger charge is 2.56. The zero-order valence-electron chi connectivity index (χ0n) is 44.5. The van der Waals surface area contributed by atoms with Crippen LogP contribution in [0, 0.1) is 12.8 Å². The Balaban J connectivity index is 0.815. The average Bonchev–Trinajstić information content (AvgIpc) is 3.68. The first-order valence-corrected chi connectivity index (χ1v) is 26.7. The summed E-state index contributed by atoms with van der Waals surface area (Å²) in [7, 11) is 1.55. The van der Waals surface area contributed by atoms with Gasteiger partial charge in [0.25, 0.3) is 5.91 Å². The van der Waals surface area contributed by atoms with Gasteiger partial charge in [-0.2, -0.15) is 27.1 Å². The van der Waals surface area contributed by atoms with E-state index in [2.05, 4.69) is 61.3 Å². The SMILES string of the molecule is Cc1nnc(-c2ccc(CN(CC(=O)NCCCCNc3ncnc4c3ncn4C3OC(CSCC[C@H](C)C(=O)OC(C)(C)C)C4OC(C)(C)OC43)C(=O)CC/C=N/N(C)C(=O)c3ccc(C4(C)N=N4)cc3)cc2)nn1. The first kappa shape index (κ1) is 55.3. The van der Waals surface area contributed by atoms with Crippen LogP contribution in [0.1, 0.15) is 114 Å². The molecule has 5 atom stereocenters. The molecular weight excluding hydrogens is 995 g/mol. The Morgan fingerprint density at radius 1 is 0.934 bits per heavy atom. The molecule has 404 valence electrons. The second-order valence-electron chi connectivity index (χ2n) is 20.6. The van der Waals surface area contributed by atoms with E-state index in [9.17, 15) is 19.2 Å². The molecule has 4 unspecified atom stereocenters. The Kier molecular flexibility index (Phi) is 17.5. The van der Waals surface area contributed by atoms with E-state index in [0.717, 1.165) is 16.9 Å². The van der Waals surface area contributed by atoms with Crippen LogP contribution < -0.4 is 10.6 Å². The van der Waals surface area contributed by atoms with Gasteiger partial charge in [0.2, 0.25) is 23.3 Å². The lowest BCUT2D eigenvalue weighted by atomic mass is 10.0. The highest BCUT2D eigenvalue weighted by Crippen LogP contribution is 2.45. The van der Waals surface area contributed by atoms with Crippen molar-refractivity contribution in [2.75, 3.05) is 43.5 Å². The van der Waals surface area contributed by atoms with E-state index in [1.165, 1.54) is 22.5 Å². The second kappa shape index (κ2) is 24.0. The third-order valence-electron chi connectivity index (χ3n) is 12.7. The van der Waals surface area contributed by atoms with Crippen LogP contribution in [-0.4, -0.2) is 148 Å². The monoisotopic (exact) mass is 1060 g/mol. The minimum atomic E-state index is -0.807. The molecule has 0 saturated carbocycles. The van der Waals surface area contributed by atoms with E-state index in [4.69, 9.17) is 18.9 Å². The predicted molar refractivity (Wildman–Crippen MR) is 282 cm³/mol. The second-order valence-corrected chi connectivity index (χ2v) is 21.8. The molecule has 0 bridgehead atoms. The van der Waals surface area contributed by atoms with Crippen LogP contribution in [0.15, 0.2) is 76.5 Å². The molecule has 24 heteroatoms. The van der Waals surface area contributed by atoms with Gasteiger partial charge in [-0.25, -0.2) is 20.0 Å². The van der Waals surface area contributed by atoms with E-state index in [-0.39, 0.29) is 67.7 Å². The van der Waals surface area contributed by atoms with Crippen molar-refractivity contribution in [3.63, 3.8) is 0 Å². The number of esters is 1. The average molecular weight is 1060 g/mol. The number of carbonyl (C=O) groups is 4. The molecule has 76 heavy (non-hydrogen) atoms. The van der Waals surface area contributed by atoms with Crippen molar-refractivity contribution in [3.05, 3.63) is 83.7 Å². The molecule has 23 nitrogen and oxygen atoms in total. The third-order valence-corrected chi connectivity index (χ3v) is 13.8. The highest BCUT2D eigenvalue weighted by molar-refractivity contribution is 7.99. The molecule has 3 aliphatic rings. The number of ether oxygens (including phenoxy) is 4. The summed E-state index contributed by atoms with van der Waals surface area (Å²) in [6, 6.07) is 14.4. The van der Waals surface area contributed by atoms with E-state index >= 15 is 0 Å². The molecule has 3 aromatic heterocycles. The summed E-state index contributed by atoms with van der Waals surface area (Å²) < 4.78 is 26.8. The number of imidazole rings is 1. The number of hydrogen-bond acceptors (Lipinski definition) is 20. The summed E-state index contributed by atoms with van der Waals surface area (Å²) >= 11 is 1.70. The molecule has 3 aliphatic heterocycles.